The van der Waals surface area contributed by atoms with Crippen molar-refractivity contribution in [3.63, 3.8) is 0 Å². The zero-order valence-electron chi connectivity index (χ0n) is 13.0. The molecule has 0 unspecified atom stereocenters. The van der Waals surface area contributed by atoms with E-state index in [2.05, 4.69) is 0 Å². The maximum atomic E-state index is 12.6. The van der Waals surface area contributed by atoms with Crippen LogP contribution in [0.3, 0.4) is 0 Å². The highest BCUT2D eigenvalue weighted by Gasteiger charge is 2.38. The van der Waals surface area contributed by atoms with E-state index in [1.807, 2.05) is 0 Å². The van der Waals surface area contributed by atoms with Gasteiger partial charge in [-0.15, -0.1) is 0 Å². The predicted molar refractivity (Wildman–Crippen MR) is 85.6 cm³/mol. The Hall–Kier alpha value is -3.35. The number of rotatable bonds is 4. The molecule has 1 heterocycles. The van der Waals surface area contributed by atoms with Crippen molar-refractivity contribution in [3.8, 4) is 11.5 Å². The van der Waals surface area contributed by atoms with E-state index in [0.29, 0.717) is 0 Å². The molecule has 0 bridgehead atoms. The predicted octanol–water partition coefficient (Wildman–Crippen LogP) is 1.60. The van der Waals surface area contributed by atoms with Crippen molar-refractivity contribution in [1.29, 1.82) is 0 Å². The van der Waals surface area contributed by atoms with E-state index in [4.69, 9.17) is 15.2 Å². The summed E-state index contributed by atoms with van der Waals surface area (Å²) in [4.78, 5) is 38.0. The van der Waals surface area contributed by atoms with Gasteiger partial charge in [0.15, 0.2) is 11.5 Å². The van der Waals surface area contributed by atoms with Gasteiger partial charge in [0.25, 0.3) is 17.7 Å². The Morgan fingerprint density at radius 2 is 1.46 bits per heavy atom. The molecule has 24 heavy (non-hydrogen) atoms. The van der Waals surface area contributed by atoms with E-state index in [0.717, 1.165) is 4.90 Å². The van der Waals surface area contributed by atoms with Gasteiger partial charge in [-0.1, -0.05) is 12.1 Å². The van der Waals surface area contributed by atoms with Crippen molar-refractivity contribution in [2.75, 3.05) is 19.1 Å². The number of fused-ring (bicyclic) bond motifs is 1. The molecule has 7 heteroatoms. The summed E-state index contributed by atoms with van der Waals surface area (Å²) in [6, 6.07) is 9.18. The Morgan fingerprint density at radius 3 is 1.92 bits per heavy atom. The zero-order valence-corrected chi connectivity index (χ0v) is 13.0. The highest BCUT2D eigenvalue weighted by atomic mass is 16.5. The van der Waals surface area contributed by atoms with Crippen LogP contribution in [0.2, 0.25) is 0 Å². The number of nitrogens with two attached hydrogens (primary N) is 1. The molecule has 0 saturated carbocycles. The fourth-order valence-electron chi connectivity index (χ4n) is 2.66. The molecule has 3 rings (SSSR count). The Labute approximate surface area is 137 Å². The van der Waals surface area contributed by atoms with E-state index < -0.39 is 17.7 Å². The number of amides is 3. The molecular formula is C17H14N2O5. The molecule has 0 atom stereocenters. The SMILES string of the molecule is COc1cc(C(N)=O)c(N2C(=O)c3ccccc3C2=O)cc1OC. The number of nitrogens with zero attached hydrogens (tertiary/aromatic N) is 1. The summed E-state index contributed by atoms with van der Waals surface area (Å²) in [7, 11) is 2.82. The maximum absolute atomic E-state index is 12.6. The molecule has 1 aliphatic heterocycles. The number of methoxy groups -OCH3 is 2. The summed E-state index contributed by atoms with van der Waals surface area (Å²) in [5.74, 6) is -1.29. The molecule has 0 spiro atoms. The van der Waals surface area contributed by atoms with Crippen LogP contribution in [0.15, 0.2) is 36.4 Å². The second-order valence-electron chi connectivity index (χ2n) is 5.08. The second-order valence-corrected chi connectivity index (χ2v) is 5.08. The van der Waals surface area contributed by atoms with Crippen LogP contribution in [-0.4, -0.2) is 31.9 Å². The van der Waals surface area contributed by atoms with Crippen LogP contribution in [0.5, 0.6) is 11.5 Å². The average molecular weight is 326 g/mol. The molecule has 3 amide bonds. The van der Waals surface area contributed by atoms with Gasteiger partial charge in [-0.3, -0.25) is 14.4 Å². The standard InChI is InChI=1S/C17H14N2O5/c1-23-13-7-11(15(18)20)12(8-14(13)24-2)19-16(21)9-5-3-4-6-10(9)17(19)22/h3-8H,1-2H3,(H2,18,20). The van der Waals surface area contributed by atoms with E-state index in [1.54, 1.807) is 24.3 Å². The van der Waals surface area contributed by atoms with Gasteiger partial charge in [0.05, 0.1) is 36.6 Å². The minimum Gasteiger partial charge on any atom is -0.493 e. The van der Waals surface area contributed by atoms with Crippen molar-refractivity contribution in [2.45, 2.75) is 0 Å². The molecule has 0 aliphatic carbocycles. The molecule has 2 N–H and O–H groups in total. The first kappa shape index (κ1) is 15.5. The molecular weight excluding hydrogens is 312 g/mol. The Bertz CT molecular complexity index is 840. The van der Waals surface area contributed by atoms with Crippen LogP contribution in [0.4, 0.5) is 5.69 Å². The lowest BCUT2D eigenvalue weighted by atomic mass is 10.1. The summed E-state index contributed by atoms with van der Waals surface area (Å²) in [5.41, 5.74) is 6.00. The summed E-state index contributed by atoms with van der Waals surface area (Å²) >= 11 is 0. The number of hydrogen-bond donors (Lipinski definition) is 1. The van der Waals surface area contributed by atoms with E-state index in [1.165, 1.54) is 26.4 Å². The number of benzene rings is 2. The molecule has 2 aromatic rings. The number of imide groups is 1. The van der Waals surface area contributed by atoms with E-state index in [9.17, 15) is 14.4 Å². The van der Waals surface area contributed by atoms with Crippen LogP contribution in [0.25, 0.3) is 0 Å². The number of anilines is 1. The van der Waals surface area contributed by atoms with E-state index in [-0.39, 0.29) is 33.9 Å². The molecule has 122 valence electrons. The van der Waals surface area contributed by atoms with Crippen molar-refractivity contribution in [3.05, 3.63) is 53.1 Å². The van der Waals surface area contributed by atoms with Crippen molar-refractivity contribution < 1.29 is 23.9 Å². The highest BCUT2D eigenvalue weighted by Crippen LogP contribution is 2.38. The smallest absolute Gasteiger partial charge is 0.266 e. The topological polar surface area (TPSA) is 98.9 Å². The zero-order chi connectivity index (χ0) is 17.4. The minimum atomic E-state index is -0.789. The molecule has 0 aromatic heterocycles. The van der Waals surface area contributed by atoms with E-state index >= 15 is 0 Å². The first-order chi connectivity index (χ1) is 11.5. The summed E-state index contributed by atoms with van der Waals surface area (Å²) in [5, 5.41) is 0. The number of carbonyl (C=O) groups excluding carboxylic acids is 3. The van der Waals surface area contributed by atoms with Gasteiger partial charge in [-0.2, -0.15) is 0 Å². The van der Waals surface area contributed by atoms with Gasteiger partial charge in [-0.25, -0.2) is 4.90 Å². The first-order valence-electron chi connectivity index (χ1n) is 7.03. The fraction of sp³-hybridized carbons (Fsp3) is 0.118. The molecule has 2 aromatic carbocycles. The van der Waals surface area contributed by atoms with Crippen LogP contribution < -0.4 is 20.1 Å². The van der Waals surface area contributed by atoms with Gasteiger partial charge in [0.2, 0.25) is 0 Å². The fourth-order valence-corrected chi connectivity index (χ4v) is 2.66. The van der Waals surface area contributed by atoms with Gasteiger partial charge < -0.3 is 15.2 Å². The number of carbonyl (C=O) groups is 3. The third kappa shape index (κ3) is 2.18. The van der Waals surface area contributed by atoms with Gasteiger partial charge in [0, 0.05) is 6.07 Å². The first-order valence-corrected chi connectivity index (χ1v) is 7.03. The van der Waals surface area contributed by atoms with Gasteiger partial charge >= 0.3 is 0 Å². The Kier molecular flexibility index (Phi) is 3.69. The molecule has 0 saturated heterocycles. The Morgan fingerprint density at radius 1 is 0.958 bits per heavy atom. The molecule has 1 aliphatic rings. The largest absolute Gasteiger partial charge is 0.493 e. The summed E-state index contributed by atoms with van der Waals surface area (Å²) in [6.45, 7) is 0. The average Bonchev–Trinajstić information content (AvgIpc) is 2.85. The van der Waals surface area contributed by atoms with Crippen LogP contribution in [0, 0.1) is 0 Å². The quantitative estimate of drug-likeness (QED) is 0.861. The molecule has 0 radical (unpaired) electrons. The summed E-state index contributed by atoms with van der Waals surface area (Å²) < 4.78 is 10.3. The Balaban J connectivity index is 2.21. The molecule has 7 nitrogen and oxygen atoms in total. The number of hydrogen-bond acceptors (Lipinski definition) is 5. The normalized spacial score (nSPS) is 13.0. The lowest BCUT2D eigenvalue weighted by Crippen LogP contribution is -2.31. The lowest BCUT2D eigenvalue weighted by molar-refractivity contribution is 0.0926. The second kappa shape index (κ2) is 5.69. The summed E-state index contributed by atoms with van der Waals surface area (Å²) in [6.07, 6.45) is 0. The van der Waals surface area contributed by atoms with Gasteiger partial charge in [0.1, 0.15) is 0 Å². The van der Waals surface area contributed by atoms with Crippen molar-refractivity contribution in [2.24, 2.45) is 5.73 Å². The number of primary amides is 1. The van der Waals surface area contributed by atoms with Crippen LogP contribution in [-0.2, 0) is 0 Å². The van der Waals surface area contributed by atoms with Crippen LogP contribution in [0.1, 0.15) is 31.1 Å². The highest BCUT2D eigenvalue weighted by molar-refractivity contribution is 6.35. The lowest BCUT2D eigenvalue weighted by Gasteiger charge is -2.19. The number of ether oxygens (including phenoxy) is 2. The maximum Gasteiger partial charge on any atom is 0.266 e. The third-order valence-electron chi connectivity index (χ3n) is 3.80. The third-order valence-corrected chi connectivity index (χ3v) is 3.80. The van der Waals surface area contributed by atoms with Crippen LogP contribution >= 0.6 is 0 Å². The molecule has 0 fully saturated rings. The van der Waals surface area contributed by atoms with Crippen molar-refractivity contribution >= 4 is 23.4 Å². The van der Waals surface area contributed by atoms with Crippen molar-refractivity contribution in [1.82, 2.24) is 0 Å². The minimum absolute atomic E-state index is 0.0119. The van der Waals surface area contributed by atoms with Gasteiger partial charge in [-0.05, 0) is 18.2 Å². The monoisotopic (exact) mass is 326 g/mol.